The van der Waals surface area contributed by atoms with Crippen molar-refractivity contribution in [3.63, 3.8) is 0 Å². The van der Waals surface area contributed by atoms with E-state index in [4.69, 9.17) is 4.74 Å². The molecule has 5 nitrogen and oxygen atoms in total. The van der Waals surface area contributed by atoms with Crippen LogP contribution >= 0.6 is 23.5 Å². The van der Waals surface area contributed by atoms with Gasteiger partial charge in [0.25, 0.3) is 0 Å². The third-order valence-corrected chi connectivity index (χ3v) is 6.69. The van der Waals surface area contributed by atoms with E-state index in [9.17, 15) is 8.78 Å². The summed E-state index contributed by atoms with van der Waals surface area (Å²) in [5.41, 5.74) is 2.15. The lowest BCUT2D eigenvalue weighted by molar-refractivity contribution is 0.286. The zero-order valence-corrected chi connectivity index (χ0v) is 18.6. The maximum Gasteiger partial charge on any atom is 0.212 e. The van der Waals surface area contributed by atoms with Crippen LogP contribution in [0.2, 0.25) is 0 Å². The third kappa shape index (κ3) is 6.15. The molecular formula is C22H24F2N4OS2. The molecule has 1 aromatic heterocycles. The van der Waals surface area contributed by atoms with E-state index in [1.165, 1.54) is 66.8 Å². The number of anilines is 1. The highest BCUT2D eigenvalue weighted by Crippen LogP contribution is 2.33. The fourth-order valence-electron chi connectivity index (χ4n) is 3.58. The van der Waals surface area contributed by atoms with Gasteiger partial charge in [0, 0.05) is 17.6 Å². The molecule has 1 fully saturated rings. The van der Waals surface area contributed by atoms with Crippen molar-refractivity contribution >= 4 is 28.6 Å². The molecule has 2 aliphatic heterocycles. The van der Waals surface area contributed by atoms with Crippen molar-refractivity contribution in [1.82, 2.24) is 14.7 Å². The first-order chi connectivity index (χ1) is 15.2. The van der Waals surface area contributed by atoms with E-state index >= 15 is 0 Å². The zero-order valence-electron chi connectivity index (χ0n) is 16.9. The van der Waals surface area contributed by atoms with Crippen molar-refractivity contribution < 1.29 is 13.5 Å². The summed E-state index contributed by atoms with van der Waals surface area (Å²) in [6, 6.07) is 10.5. The molecular weight excluding hydrogens is 438 g/mol. The average molecular weight is 463 g/mol. The Morgan fingerprint density at radius 3 is 2.74 bits per heavy atom. The number of benzene rings is 2. The minimum atomic E-state index is -0.235. The van der Waals surface area contributed by atoms with Crippen LogP contribution in [0, 0.1) is 11.6 Å². The first-order valence-corrected chi connectivity index (χ1v) is 11.9. The zero-order chi connectivity index (χ0) is 21.5. The summed E-state index contributed by atoms with van der Waals surface area (Å²) in [4.78, 5) is 4.48. The molecule has 5 rings (SSSR count). The predicted molar refractivity (Wildman–Crippen MR) is 121 cm³/mol. The molecule has 3 aromatic rings. The highest BCUT2D eigenvalue weighted by atomic mass is 32.2. The molecule has 0 bridgehead atoms. The van der Waals surface area contributed by atoms with Crippen LogP contribution in [0.15, 0.2) is 47.6 Å². The number of rotatable bonds is 4. The van der Waals surface area contributed by atoms with Crippen molar-refractivity contribution in [3.05, 3.63) is 65.5 Å². The highest BCUT2D eigenvalue weighted by Gasteiger charge is 2.16. The van der Waals surface area contributed by atoms with E-state index in [0.29, 0.717) is 22.7 Å². The number of ether oxygens (including phenoxy) is 1. The monoisotopic (exact) mass is 462 g/mol. The van der Waals surface area contributed by atoms with Gasteiger partial charge in [0.05, 0.1) is 11.5 Å². The topological polar surface area (TPSA) is 59.1 Å². The molecule has 31 heavy (non-hydrogen) atoms. The van der Waals surface area contributed by atoms with E-state index in [2.05, 4.69) is 19.4 Å². The quantitative estimate of drug-likeness (QED) is 0.481. The number of piperidine rings is 1. The van der Waals surface area contributed by atoms with Crippen LogP contribution in [-0.2, 0) is 6.42 Å². The maximum atomic E-state index is 13.9. The van der Waals surface area contributed by atoms with Gasteiger partial charge in [-0.2, -0.15) is 4.37 Å². The Morgan fingerprint density at radius 2 is 2.00 bits per heavy atom. The molecule has 0 spiro atoms. The van der Waals surface area contributed by atoms with Crippen LogP contribution in [0.1, 0.15) is 42.9 Å². The number of nitrogens with one attached hydrogen (secondary N) is 2. The van der Waals surface area contributed by atoms with Crippen molar-refractivity contribution in [2.75, 3.05) is 17.9 Å². The van der Waals surface area contributed by atoms with Crippen LogP contribution in [0.4, 0.5) is 13.9 Å². The molecule has 1 unspecified atom stereocenters. The van der Waals surface area contributed by atoms with E-state index in [-0.39, 0.29) is 11.6 Å². The molecule has 1 saturated heterocycles. The smallest absolute Gasteiger partial charge is 0.212 e. The summed E-state index contributed by atoms with van der Waals surface area (Å²) in [6.07, 6.45) is 6.99. The Kier molecular flexibility index (Phi) is 7.71. The minimum absolute atomic E-state index is 0.153. The molecule has 2 aliphatic rings. The van der Waals surface area contributed by atoms with Gasteiger partial charge >= 0.3 is 0 Å². The number of fused-ring (bicyclic) bond motifs is 1. The average Bonchev–Trinajstić information content (AvgIpc) is 3.33. The van der Waals surface area contributed by atoms with Crippen LogP contribution in [-0.4, -0.2) is 22.5 Å². The van der Waals surface area contributed by atoms with Gasteiger partial charge < -0.3 is 14.8 Å². The molecule has 164 valence electrons. The van der Waals surface area contributed by atoms with Gasteiger partial charge in [0.15, 0.2) is 0 Å². The Balaban J connectivity index is 0.000000158. The first kappa shape index (κ1) is 22.0. The second-order valence-electron chi connectivity index (χ2n) is 7.35. The van der Waals surface area contributed by atoms with Crippen molar-refractivity contribution in [2.24, 2.45) is 0 Å². The Bertz CT molecular complexity index is 964. The molecule has 0 aliphatic carbocycles. The van der Waals surface area contributed by atoms with Gasteiger partial charge in [-0.1, -0.05) is 18.6 Å². The van der Waals surface area contributed by atoms with Crippen LogP contribution in [0.25, 0.3) is 0 Å². The molecule has 1 atom stereocenters. The van der Waals surface area contributed by atoms with E-state index in [1.54, 1.807) is 12.1 Å². The molecule has 2 aromatic carbocycles. The number of aromatic nitrogens is 2. The summed E-state index contributed by atoms with van der Waals surface area (Å²) in [5, 5.41) is 4.08. The fraction of sp³-hybridized carbons (Fsp3) is 0.364. The Labute approximate surface area is 188 Å². The summed E-state index contributed by atoms with van der Waals surface area (Å²) in [6.45, 7) is 1.79. The third-order valence-electron chi connectivity index (χ3n) is 5.16. The molecule has 2 N–H and O–H groups in total. The molecule has 0 saturated carbocycles. The SMILES string of the molecule is Fc1cc2c(cc1SNc1ncns1)OCCC2.Fc1ccc(C2CCCCN2)cc1. The van der Waals surface area contributed by atoms with Gasteiger partial charge in [0.2, 0.25) is 5.13 Å². The van der Waals surface area contributed by atoms with Gasteiger partial charge in [-0.05, 0) is 79.6 Å². The predicted octanol–water partition coefficient (Wildman–Crippen LogP) is 5.76. The van der Waals surface area contributed by atoms with Gasteiger partial charge in [-0.25, -0.2) is 13.8 Å². The minimum Gasteiger partial charge on any atom is -0.493 e. The second kappa shape index (κ2) is 10.9. The number of hydrogen-bond donors (Lipinski definition) is 2. The molecule has 3 heterocycles. The first-order valence-electron chi connectivity index (χ1n) is 10.3. The van der Waals surface area contributed by atoms with Crippen molar-refractivity contribution in [3.8, 4) is 5.75 Å². The highest BCUT2D eigenvalue weighted by molar-refractivity contribution is 8.00. The second-order valence-corrected chi connectivity index (χ2v) is 8.98. The number of aryl methyl sites for hydroxylation is 1. The molecule has 0 amide bonds. The lowest BCUT2D eigenvalue weighted by Crippen LogP contribution is -2.26. The number of nitrogens with zero attached hydrogens (tertiary/aromatic N) is 2. The van der Waals surface area contributed by atoms with E-state index in [1.807, 2.05) is 12.1 Å². The van der Waals surface area contributed by atoms with Crippen LogP contribution in [0.5, 0.6) is 5.75 Å². The standard InChI is InChI=1S/C11H10FN3OS2.C11H14FN/c12-8-4-7-2-1-3-16-9(7)5-10(8)17-15-11-13-6-14-18-11;12-10-6-4-9(5-7-10)11-3-1-2-8-13-11/h4-6H,1-3H2,(H,13,14,15);4-7,11,13H,1-3,8H2. The summed E-state index contributed by atoms with van der Waals surface area (Å²) >= 11 is 2.41. The molecule has 9 heteroatoms. The van der Waals surface area contributed by atoms with Gasteiger partial charge in [-0.3, -0.25) is 0 Å². The van der Waals surface area contributed by atoms with Crippen LogP contribution < -0.4 is 14.8 Å². The van der Waals surface area contributed by atoms with E-state index in [0.717, 1.165) is 30.7 Å². The number of halogens is 2. The number of hydrogen-bond acceptors (Lipinski definition) is 7. The van der Waals surface area contributed by atoms with Crippen molar-refractivity contribution in [1.29, 1.82) is 0 Å². The summed E-state index contributed by atoms with van der Waals surface area (Å²) in [7, 11) is 0. The van der Waals surface area contributed by atoms with Crippen LogP contribution in [0.3, 0.4) is 0 Å². The summed E-state index contributed by atoms with van der Waals surface area (Å²) < 4.78 is 38.8. The van der Waals surface area contributed by atoms with E-state index < -0.39 is 0 Å². The largest absolute Gasteiger partial charge is 0.493 e. The van der Waals surface area contributed by atoms with Gasteiger partial charge in [-0.15, -0.1) is 0 Å². The Hall–Kier alpha value is -2.23. The Morgan fingerprint density at radius 1 is 1.13 bits per heavy atom. The van der Waals surface area contributed by atoms with Crippen molar-refractivity contribution in [2.45, 2.75) is 43.0 Å². The normalized spacial score (nSPS) is 17.7. The maximum absolute atomic E-state index is 13.9. The molecule has 0 radical (unpaired) electrons. The summed E-state index contributed by atoms with van der Waals surface area (Å²) in [5.74, 6) is 0.394. The fourth-order valence-corrected chi connectivity index (χ4v) is 4.71. The lowest BCUT2D eigenvalue weighted by atomic mass is 9.98. The lowest BCUT2D eigenvalue weighted by Gasteiger charge is -2.23. The van der Waals surface area contributed by atoms with Gasteiger partial charge in [0.1, 0.15) is 23.7 Å².